The quantitative estimate of drug-likeness (QED) is 0.272. The lowest BCUT2D eigenvalue weighted by molar-refractivity contribution is 0.0669. The highest BCUT2D eigenvalue weighted by Gasteiger charge is 2.36. The van der Waals surface area contributed by atoms with Crippen LogP contribution in [0.2, 0.25) is 0 Å². The number of hydrogen-bond acceptors (Lipinski definition) is 5. The van der Waals surface area contributed by atoms with Crippen molar-refractivity contribution in [3.05, 3.63) is 0 Å². The minimum Gasteiger partial charge on any atom is -0.301 e. The van der Waals surface area contributed by atoms with Gasteiger partial charge in [-0.15, -0.1) is 0 Å². The molecule has 5 aliphatic heterocycles. The first-order valence-electron chi connectivity index (χ1n) is 30.1. The van der Waals surface area contributed by atoms with E-state index in [1.807, 2.05) is 0 Å². The highest BCUT2D eigenvalue weighted by Crippen LogP contribution is 2.40. The van der Waals surface area contributed by atoms with Gasteiger partial charge in [0.15, 0.2) is 0 Å². The highest BCUT2D eigenvalue weighted by atomic mass is 15.2. The van der Waals surface area contributed by atoms with Crippen LogP contribution in [-0.4, -0.2) is 120 Å². The van der Waals surface area contributed by atoms with E-state index in [0.717, 1.165) is 89.4 Å². The Morgan fingerprint density at radius 3 is 0.477 bits per heavy atom. The summed E-state index contributed by atoms with van der Waals surface area (Å²) in [6.07, 6.45) is 37.5. The molecular weight excluding hydrogens is 791 g/mol. The lowest BCUT2D eigenvalue weighted by Gasteiger charge is -2.42. The van der Waals surface area contributed by atoms with Crippen molar-refractivity contribution in [3.8, 4) is 0 Å². The van der Waals surface area contributed by atoms with Gasteiger partial charge in [-0.05, 0) is 225 Å². The van der Waals surface area contributed by atoms with E-state index in [0.29, 0.717) is 0 Å². The van der Waals surface area contributed by atoms with E-state index in [1.54, 1.807) is 0 Å². The number of piperidine rings is 5. The molecule has 5 saturated carbocycles. The number of rotatable bonds is 5. The summed E-state index contributed by atoms with van der Waals surface area (Å²) in [5, 5.41) is 0. The van der Waals surface area contributed by atoms with Crippen molar-refractivity contribution < 1.29 is 0 Å². The lowest BCUT2D eigenvalue weighted by Crippen LogP contribution is -2.44. The SMILES string of the molecule is CC(C)N1CCC2CCCCC2C1.CC(C)N1CC[C@@H]2CCCC[C@@H]2C1.CC(C)N1CC[C@@H]2CCCC[C@H]2C1.CC(C)N1CC[C@H]2CCCC[C@@H]2C1.CC(C)N1CC[C@H]2CCCC[C@H]2C1. The third kappa shape index (κ3) is 17.0. The Morgan fingerprint density at radius 2 is 0.338 bits per heavy atom. The second kappa shape index (κ2) is 28.0. The summed E-state index contributed by atoms with van der Waals surface area (Å²) < 4.78 is 0. The van der Waals surface area contributed by atoms with Crippen LogP contribution in [0, 0.1) is 59.2 Å². The fraction of sp³-hybridized carbons (Fsp3) is 1.00. The molecule has 0 bridgehead atoms. The molecule has 5 heterocycles. The molecule has 10 fully saturated rings. The van der Waals surface area contributed by atoms with Crippen LogP contribution >= 0.6 is 0 Å². The van der Waals surface area contributed by atoms with Gasteiger partial charge in [0, 0.05) is 62.9 Å². The van der Waals surface area contributed by atoms with Gasteiger partial charge >= 0.3 is 0 Å². The Morgan fingerprint density at radius 1 is 0.200 bits per heavy atom. The Balaban J connectivity index is 0.000000135. The maximum Gasteiger partial charge on any atom is 0.00387 e. The van der Waals surface area contributed by atoms with E-state index in [1.165, 1.54) is 226 Å². The first-order chi connectivity index (χ1) is 31.4. The molecule has 0 spiro atoms. The van der Waals surface area contributed by atoms with Crippen LogP contribution in [0.3, 0.4) is 0 Å². The van der Waals surface area contributed by atoms with Crippen molar-refractivity contribution in [1.29, 1.82) is 0 Å². The van der Waals surface area contributed by atoms with Gasteiger partial charge in [0.25, 0.3) is 0 Å². The standard InChI is InChI=1S/5C12H23N/c5*1-10(2)13-8-7-11-5-3-4-6-12(11)9-13/h5*10-12H,3-9H2,1-2H3/t2*11-,12+;2*11-,12-;/m1010./s1. The van der Waals surface area contributed by atoms with E-state index < -0.39 is 0 Å². The molecule has 0 aromatic carbocycles. The summed E-state index contributed by atoms with van der Waals surface area (Å²) in [4.78, 5) is 13.4. The summed E-state index contributed by atoms with van der Waals surface area (Å²) in [5.41, 5.74) is 0. The number of likely N-dealkylation sites (tertiary alicyclic amines) is 5. The molecule has 0 aromatic heterocycles. The lowest BCUT2D eigenvalue weighted by atomic mass is 9.75. The van der Waals surface area contributed by atoms with Gasteiger partial charge in [-0.25, -0.2) is 0 Å². The molecule has 10 rings (SSSR count). The molecule has 0 N–H and O–H groups in total. The number of hydrogen-bond donors (Lipinski definition) is 0. The van der Waals surface area contributed by atoms with Crippen LogP contribution < -0.4 is 0 Å². The maximum atomic E-state index is 2.67. The molecule has 0 aromatic rings. The highest BCUT2D eigenvalue weighted by molar-refractivity contribution is 4.89. The van der Waals surface area contributed by atoms with E-state index in [4.69, 9.17) is 0 Å². The molecule has 5 saturated heterocycles. The van der Waals surface area contributed by atoms with Crippen LogP contribution in [0.15, 0.2) is 0 Å². The van der Waals surface area contributed by atoms with E-state index in [2.05, 4.69) is 93.7 Å². The molecule has 5 nitrogen and oxygen atoms in total. The van der Waals surface area contributed by atoms with Gasteiger partial charge < -0.3 is 24.5 Å². The van der Waals surface area contributed by atoms with Crippen LogP contribution in [0.4, 0.5) is 0 Å². The summed E-state index contributed by atoms with van der Waals surface area (Å²) in [6.45, 7) is 37.1. The van der Waals surface area contributed by atoms with Gasteiger partial charge in [-0.2, -0.15) is 0 Å². The van der Waals surface area contributed by atoms with E-state index >= 15 is 0 Å². The minimum absolute atomic E-state index is 0.767. The van der Waals surface area contributed by atoms with E-state index in [-0.39, 0.29) is 0 Å². The van der Waals surface area contributed by atoms with Gasteiger partial charge in [0.2, 0.25) is 0 Å². The van der Waals surface area contributed by atoms with Crippen molar-refractivity contribution in [2.75, 3.05) is 65.4 Å². The largest absolute Gasteiger partial charge is 0.301 e. The van der Waals surface area contributed by atoms with Crippen molar-refractivity contribution in [3.63, 3.8) is 0 Å². The second-order valence-corrected chi connectivity index (χ2v) is 25.9. The molecule has 0 radical (unpaired) electrons. The minimum atomic E-state index is 0.767. The van der Waals surface area contributed by atoms with Gasteiger partial charge in [0.05, 0.1) is 0 Å². The Labute approximate surface area is 407 Å². The Kier molecular flexibility index (Phi) is 23.3. The molecule has 2 unspecified atom stereocenters. The first-order valence-corrected chi connectivity index (χ1v) is 30.1. The van der Waals surface area contributed by atoms with Crippen LogP contribution in [0.25, 0.3) is 0 Å². The third-order valence-corrected chi connectivity index (χ3v) is 20.3. The zero-order valence-electron chi connectivity index (χ0n) is 45.6. The molecule has 10 aliphatic rings. The Bertz CT molecular complexity index is 1040. The van der Waals surface area contributed by atoms with Crippen molar-refractivity contribution >= 4 is 0 Å². The maximum absolute atomic E-state index is 2.67. The molecule has 5 heteroatoms. The summed E-state index contributed by atoms with van der Waals surface area (Å²) in [7, 11) is 0. The molecule has 5 aliphatic carbocycles. The van der Waals surface area contributed by atoms with E-state index in [9.17, 15) is 0 Å². The zero-order valence-corrected chi connectivity index (χ0v) is 45.6. The van der Waals surface area contributed by atoms with Crippen LogP contribution in [-0.2, 0) is 0 Å². The summed E-state index contributed by atoms with van der Waals surface area (Å²) in [5.74, 6) is 10.7. The smallest absolute Gasteiger partial charge is 0.00387 e. The van der Waals surface area contributed by atoms with Crippen LogP contribution in [0.5, 0.6) is 0 Å². The monoisotopic (exact) mass is 906 g/mol. The van der Waals surface area contributed by atoms with Crippen molar-refractivity contribution in [2.24, 2.45) is 59.2 Å². The zero-order chi connectivity index (χ0) is 46.3. The van der Waals surface area contributed by atoms with Gasteiger partial charge in [0.1, 0.15) is 0 Å². The molecule has 10 atom stereocenters. The van der Waals surface area contributed by atoms with Crippen molar-refractivity contribution in [1.82, 2.24) is 24.5 Å². The number of fused-ring (bicyclic) bond motifs is 5. The fourth-order valence-electron chi connectivity index (χ4n) is 15.5. The molecule has 380 valence electrons. The average molecular weight is 907 g/mol. The summed E-state index contributed by atoms with van der Waals surface area (Å²) in [6, 6.07) is 3.83. The average Bonchev–Trinajstić information content (AvgIpc) is 3.34. The topological polar surface area (TPSA) is 16.2 Å². The van der Waals surface area contributed by atoms with Gasteiger partial charge in [-0.1, -0.05) is 96.3 Å². The normalized spacial score (nSPS) is 36.2. The predicted octanol–water partition coefficient (Wildman–Crippen LogP) is 14.5. The van der Waals surface area contributed by atoms with Crippen molar-refractivity contribution in [2.45, 2.75) is 260 Å². The predicted molar refractivity (Wildman–Crippen MR) is 284 cm³/mol. The first kappa shape index (κ1) is 54.1. The Hall–Kier alpha value is -0.200. The number of nitrogens with zero attached hydrogens (tertiary/aromatic N) is 5. The molecular formula is C60H115N5. The summed E-state index contributed by atoms with van der Waals surface area (Å²) >= 11 is 0. The molecule has 65 heavy (non-hydrogen) atoms. The van der Waals surface area contributed by atoms with Gasteiger partial charge in [-0.3, -0.25) is 0 Å². The fourth-order valence-corrected chi connectivity index (χ4v) is 15.5. The third-order valence-electron chi connectivity index (χ3n) is 20.3. The second-order valence-electron chi connectivity index (χ2n) is 25.9. The molecule has 0 amide bonds. The van der Waals surface area contributed by atoms with Crippen LogP contribution in [0.1, 0.15) is 230 Å².